The summed E-state index contributed by atoms with van der Waals surface area (Å²) >= 11 is 0. The molecule has 2 heteroatoms. The van der Waals surface area contributed by atoms with Gasteiger partial charge >= 0.3 is 0 Å². The van der Waals surface area contributed by atoms with Gasteiger partial charge in [0.15, 0.2) is 0 Å². The van der Waals surface area contributed by atoms with Crippen molar-refractivity contribution >= 4 is 0 Å². The average Bonchev–Trinajstić information content (AvgIpc) is 2.50. The van der Waals surface area contributed by atoms with Crippen molar-refractivity contribution in [3.63, 3.8) is 0 Å². The lowest BCUT2D eigenvalue weighted by atomic mass is 9.77. The average molecular weight is 182 g/mol. The van der Waals surface area contributed by atoms with Crippen LogP contribution in [0.25, 0.3) is 0 Å². The van der Waals surface area contributed by atoms with E-state index in [2.05, 4.69) is 10.6 Å². The Morgan fingerprint density at radius 2 is 1.54 bits per heavy atom. The SMILES string of the molecule is C1CCC2(CCCNCC2)CNC1. The maximum Gasteiger partial charge on any atom is 0.000829 e. The molecule has 0 radical (unpaired) electrons. The minimum atomic E-state index is 0.653. The van der Waals surface area contributed by atoms with Crippen molar-refractivity contribution < 1.29 is 0 Å². The molecule has 0 aromatic rings. The largest absolute Gasteiger partial charge is 0.317 e. The molecule has 0 aromatic carbocycles. The first-order valence-corrected chi connectivity index (χ1v) is 5.83. The summed E-state index contributed by atoms with van der Waals surface area (Å²) in [6, 6.07) is 0. The van der Waals surface area contributed by atoms with E-state index in [0.717, 1.165) is 0 Å². The molecular formula is C11H22N2. The van der Waals surface area contributed by atoms with Crippen molar-refractivity contribution in [3.8, 4) is 0 Å². The monoisotopic (exact) mass is 182 g/mol. The highest BCUT2D eigenvalue weighted by Crippen LogP contribution is 2.35. The van der Waals surface area contributed by atoms with Crippen LogP contribution in [-0.4, -0.2) is 26.2 Å². The Morgan fingerprint density at radius 1 is 0.692 bits per heavy atom. The van der Waals surface area contributed by atoms with E-state index in [-0.39, 0.29) is 0 Å². The first-order valence-electron chi connectivity index (χ1n) is 5.83. The predicted octanol–water partition coefficient (Wildman–Crippen LogP) is 1.52. The summed E-state index contributed by atoms with van der Waals surface area (Å²) in [5, 5.41) is 7.12. The van der Waals surface area contributed by atoms with Crippen LogP contribution in [-0.2, 0) is 0 Å². The zero-order chi connectivity index (χ0) is 8.99. The molecule has 0 saturated carbocycles. The third-order valence-electron chi connectivity index (χ3n) is 3.70. The highest BCUT2D eigenvalue weighted by atomic mass is 14.9. The van der Waals surface area contributed by atoms with Gasteiger partial charge < -0.3 is 10.6 Å². The fourth-order valence-corrected chi connectivity index (χ4v) is 2.81. The Labute approximate surface area is 81.5 Å². The van der Waals surface area contributed by atoms with Crippen LogP contribution in [0.2, 0.25) is 0 Å². The third kappa shape index (κ3) is 2.44. The maximum atomic E-state index is 3.61. The van der Waals surface area contributed by atoms with Gasteiger partial charge in [-0.3, -0.25) is 0 Å². The second-order valence-corrected chi connectivity index (χ2v) is 4.74. The molecule has 2 N–H and O–H groups in total. The van der Waals surface area contributed by atoms with Crippen molar-refractivity contribution in [1.29, 1.82) is 0 Å². The zero-order valence-electron chi connectivity index (χ0n) is 8.57. The van der Waals surface area contributed by atoms with Crippen molar-refractivity contribution in [1.82, 2.24) is 10.6 Å². The number of hydrogen-bond donors (Lipinski definition) is 2. The van der Waals surface area contributed by atoms with E-state index in [1.807, 2.05) is 0 Å². The Morgan fingerprint density at radius 3 is 2.54 bits per heavy atom. The summed E-state index contributed by atoms with van der Waals surface area (Å²) in [6.07, 6.45) is 8.48. The van der Waals surface area contributed by atoms with Crippen LogP contribution >= 0.6 is 0 Å². The fourth-order valence-electron chi connectivity index (χ4n) is 2.81. The molecule has 1 unspecified atom stereocenters. The quantitative estimate of drug-likeness (QED) is 0.593. The van der Waals surface area contributed by atoms with Gasteiger partial charge in [-0.1, -0.05) is 6.42 Å². The molecule has 2 aliphatic heterocycles. The lowest BCUT2D eigenvalue weighted by Crippen LogP contribution is -2.33. The Balaban J connectivity index is 1.97. The molecule has 2 aliphatic rings. The van der Waals surface area contributed by atoms with Crippen LogP contribution in [0.3, 0.4) is 0 Å². The van der Waals surface area contributed by atoms with Gasteiger partial charge in [-0.2, -0.15) is 0 Å². The molecule has 13 heavy (non-hydrogen) atoms. The van der Waals surface area contributed by atoms with E-state index in [1.54, 1.807) is 0 Å². The molecule has 1 spiro atoms. The van der Waals surface area contributed by atoms with Gasteiger partial charge in [-0.25, -0.2) is 0 Å². The van der Waals surface area contributed by atoms with Gasteiger partial charge in [0.1, 0.15) is 0 Å². The first kappa shape index (κ1) is 9.47. The molecule has 2 rings (SSSR count). The van der Waals surface area contributed by atoms with E-state index < -0.39 is 0 Å². The van der Waals surface area contributed by atoms with Crippen LogP contribution in [0.15, 0.2) is 0 Å². The fraction of sp³-hybridized carbons (Fsp3) is 1.00. The molecule has 2 fully saturated rings. The molecule has 2 saturated heterocycles. The van der Waals surface area contributed by atoms with Gasteiger partial charge in [-0.05, 0) is 57.2 Å². The van der Waals surface area contributed by atoms with Crippen LogP contribution in [0.5, 0.6) is 0 Å². The Hall–Kier alpha value is -0.0800. The molecule has 2 heterocycles. The zero-order valence-corrected chi connectivity index (χ0v) is 8.57. The summed E-state index contributed by atoms with van der Waals surface area (Å²) in [5.74, 6) is 0. The van der Waals surface area contributed by atoms with Gasteiger partial charge in [0.25, 0.3) is 0 Å². The second-order valence-electron chi connectivity index (χ2n) is 4.74. The van der Waals surface area contributed by atoms with E-state index in [4.69, 9.17) is 0 Å². The minimum Gasteiger partial charge on any atom is -0.317 e. The summed E-state index contributed by atoms with van der Waals surface area (Å²) in [7, 11) is 0. The highest BCUT2D eigenvalue weighted by molar-refractivity contribution is 4.86. The summed E-state index contributed by atoms with van der Waals surface area (Å²) < 4.78 is 0. The first-order chi connectivity index (χ1) is 6.41. The van der Waals surface area contributed by atoms with Gasteiger partial charge in [0.05, 0.1) is 0 Å². The van der Waals surface area contributed by atoms with Crippen LogP contribution in [0.4, 0.5) is 0 Å². The maximum absolute atomic E-state index is 3.61. The lowest BCUT2D eigenvalue weighted by Gasteiger charge is -2.31. The number of rotatable bonds is 0. The van der Waals surface area contributed by atoms with Gasteiger partial charge in [-0.15, -0.1) is 0 Å². The van der Waals surface area contributed by atoms with Crippen LogP contribution < -0.4 is 10.6 Å². The molecule has 0 bridgehead atoms. The van der Waals surface area contributed by atoms with Crippen molar-refractivity contribution in [2.24, 2.45) is 5.41 Å². The summed E-state index contributed by atoms with van der Waals surface area (Å²) in [4.78, 5) is 0. The molecule has 2 nitrogen and oxygen atoms in total. The smallest absolute Gasteiger partial charge is 0.000829 e. The number of nitrogens with one attached hydrogen (secondary N) is 2. The molecule has 1 atom stereocenters. The number of hydrogen-bond acceptors (Lipinski definition) is 2. The van der Waals surface area contributed by atoms with Gasteiger partial charge in [0.2, 0.25) is 0 Å². The van der Waals surface area contributed by atoms with E-state index in [0.29, 0.717) is 5.41 Å². The Kier molecular flexibility index (Phi) is 3.23. The van der Waals surface area contributed by atoms with E-state index in [1.165, 1.54) is 64.7 Å². The van der Waals surface area contributed by atoms with Crippen LogP contribution in [0.1, 0.15) is 38.5 Å². The Bertz CT molecular complexity index is 119. The topological polar surface area (TPSA) is 24.1 Å². The van der Waals surface area contributed by atoms with Crippen molar-refractivity contribution in [2.45, 2.75) is 38.5 Å². The van der Waals surface area contributed by atoms with Crippen molar-refractivity contribution in [2.75, 3.05) is 26.2 Å². The molecular weight excluding hydrogens is 160 g/mol. The summed E-state index contributed by atoms with van der Waals surface area (Å²) in [6.45, 7) is 4.99. The highest BCUT2D eigenvalue weighted by Gasteiger charge is 2.30. The van der Waals surface area contributed by atoms with Gasteiger partial charge in [0, 0.05) is 6.54 Å². The van der Waals surface area contributed by atoms with E-state index >= 15 is 0 Å². The second kappa shape index (κ2) is 4.43. The van der Waals surface area contributed by atoms with E-state index in [9.17, 15) is 0 Å². The molecule has 0 aliphatic carbocycles. The molecule has 76 valence electrons. The molecule has 0 amide bonds. The molecule has 0 aromatic heterocycles. The summed E-state index contributed by atoms with van der Waals surface area (Å²) in [5.41, 5.74) is 0.653. The lowest BCUT2D eigenvalue weighted by molar-refractivity contribution is 0.231. The normalized spacial score (nSPS) is 36.9. The van der Waals surface area contributed by atoms with Crippen LogP contribution in [0, 0.1) is 5.41 Å². The van der Waals surface area contributed by atoms with Crippen molar-refractivity contribution in [3.05, 3.63) is 0 Å². The third-order valence-corrected chi connectivity index (χ3v) is 3.70. The predicted molar refractivity (Wildman–Crippen MR) is 55.9 cm³/mol. The minimum absolute atomic E-state index is 0.653. The standard InChI is InChI=1S/C11H22N2/c1-2-7-13-10-11(4-1)5-3-8-12-9-6-11/h12-13H,1-10H2.